The third-order valence-corrected chi connectivity index (χ3v) is 3.62. The van der Waals surface area contributed by atoms with E-state index in [2.05, 4.69) is 61.0 Å². The van der Waals surface area contributed by atoms with Crippen LogP contribution < -0.4 is 5.32 Å². The van der Waals surface area contributed by atoms with Gasteiger partial charge in [0.2, 0.25) is 0 Å². The second-order valence-electron chi connectivity index (χ2n) is 5.04. The SMILES string of the molecule is CCn1nc(C)c(-c2ccc(CNC)cc2C)c1C. The van der Waals surface area contributed by atoms with Crippen molar-refractivity contribution in [3.63, 3.8) is 0 Å². The molecule has 1 aromatic heterocycles. The van der Waals surface area contributed by atoms with E-state index in [1.807, 2.05) is 7.05 Å². The van der Waals surface area contributed by atoms with Crippen LogP contribution in [0.1, 0.15) is 29.4 Å². The Morgan fingerprint density at radius 1 is 1.21 bits per heavy atom. The lowest BCUT2D eigenvalue weighted by Gasteiger charge is -2.09. The fourth-order valence-corrected chi connectivity index (χ4v) is 2.71. The summed E-state index contributed by atoms with van der Waals surface area (Å²) in [4.78, 5) is 0. The smallest absolute Gasteiger partial charge is 0.0675 e. The first kappa shape index (κ1) is 13.8. The van der Waals surface area contributed by atoms with Crippen molar-refractivity contribution < 1.29 is 0 Å². The predicted octanol–water partition coefficient (Wildman–Crippen LogP) is 3.21. The molecule has 0 radical (unpaired) electrons. The predicted molar refractivity (Wildman–Crippen MR) is 80.3 cm³/mol. The van der Waals surface area contributed by atoms with Crippen molar-refractivity contribution >= 4 is 0 Å². The number of nitrogens with zero attached hydrogens (tertiary/aromatic N) is 2. The van der Waals surface area contributed by atoms with Gasteiger partial charge in [-0.15, -0.1) is 0 Å². The van der Waals surface area contributed by atoms with Crippen LogP contribution in [-0.2, 0) is 13.1 Å². The summed E-state index contributed by atoms with van der Waals surface area (Å²) in [6.07, 6.45) is 0. The number of benzene rings is 1. The van der Waals surface area contributed by atoms with Crippen molar-refractivity contribution in [2.45, 2.75) is 40.8 Å². The number of rotatable bonds is 4. The summed E-state index contributed by atoms with van der Waals surface area (Å²) >= 11 is 0. The van der Waals surface area contributed by atoms with Crippen molar-refractivity contribution in [3.05, 3.63) is 40.7 Å². The molecule has 19 heavy (non-hydrogen) atoms. The van der Waals surface area contributed by atoms with Crippen LogP contribution in [0, 0.1) is 20.8 Å². The molecule has 0 fully saturated rings. The van der Waals surface area contributed by atoms with Crippen molar-refractivity contribution in [1.82, 2.24) is 15.1 Å². The minimum absolute atomic E-state index is 0.910. The van der Waals surface area contributed by atoms with Crippen LogP contribution in [0.2, 0.25) is 0 Å². The maximum Gasteiger partial charge on any atom is 0.0675 e. The molecule has 0 bridgehead atoms. The number of hydrogen-bond donors (Lipinski definition) is 1. The van der Waals surface area contributed by atoms with E-state index in [1.54, 1.807) is 0 Å². The second kappa shape index (κ2) is 5.57. The molecule has 0 atom stereocenters. The summed E-state index contributed by atoms with van der Waals surface area (Å²) in [5.74, 6) is 0. The average Bonchev–Trinajstić information content (AvgIpc) is 2.66. The number of aryl methyl sites for hydroxylation is 3. The maximum absolute atomic E-state index is 4.61. The van der Waals surface area contributed by atoms with Gasteiger partial charge in [0.05, 0.1) is 5.69 Å². The molecule has 0 aliphatic rings. The zero-order chi connectivity index (χ0) is 14.0. The van der Waals surface area contributed by atoms with Gasteiger partial charge in [-0.05, 0) is 51.4 Å². The third-order valence-electron chi connectivity index (χ3n) is 3.62. The molecule has 0 unspecified atom stereocenters. The standard InChI is InChI=1S/C16H23N3/c1-6-19-13(4)16(12(3)18-19)15-8-7-14(10-17-5)9-11(15)2/h7-9,17H,6,10H2,1-5H3. The average molecular weight is 257 g/mol. The van der Waals surface area contributed by atoms with Gasteiger partial charge >= 0.3 is 0 Å². The molecular formula is C16H23N3. The Hall–Kier alpha value is -1.61. The van der Waals surface area contributed by atoms with Gasteiger partial charge in [-0.2, -0.15) is 5.10 Å². The Morgan fingerprint density at radius 3 is 2.47 bits per heavy atom. The molecule has 1 heterocycles. The highest BCUT2D eigenvalue weighted by Crippen LogP contribution is 2.30. The van der Waals surface area contributed by atoms with E-state index < -0.39 is 0 Å². The molecule has 0 aliphatic heterocycles. The van der Waals surface area contributed by atoms with E-state index in [4.69, 9.17) is 0 Å². The van der Waals surface area contributed by atoms with Crippen molar-refractivity contribution in [3.8, 4) is 11.1 Å². The van der Waals surface area contributed by atoms with Crippen LogP contribution >= 0.6 is 0 Å². The van der Waals surface area contributed by atoms with Crippen LogP contribution in [0.5, 0.6) is 0 Å². The van der Waals surface area contributed by atoms with Gasteiger partial charge in [0.1, 0.15) is 0 Å². The summed E-state index contributed by atoms with van der Waals surface area (Å²) in [5.41, 5.74) is 7.59. The van der Waals surface area contributed by atoms with Crippen molar-refractivity contribution in [2.75, 3.05) is 7.05 Å². The van der Waals surface area contributed by atoms with Gasteiger partial charge in [-0.3, -0.25) is 4.68 Å². The molecule has 102 valence electrons. The van der Waals surface area contributed by atoms with Gasteiger partial charge in [0, 0.05) is 24.3 Å². The molecule has 0 amide bonds. The Kier molecular flexibility index (Phi) is 4.05. The van der Waals surface area contributed by atoms with Gasteiger partial charge in [0.15, 0.2) is 0 Å². The van der Waals surface area contributed by atoms with Crippen molar-refractivity contribution in [1.29, 1.82) is 0 Å². The first-order chi connectivity index (χ1) is 9.08. The zero-order valence-electron chi connectivity index (χ0n) is 12.5. The fourth-order valence-electron chi connectivity index (χ4n) is 2.71. The molecular weight excluding hydrogens is 234 g/mol. The maximum atomic E-state index is 4.61. The largest absolute Gasteiger partial charge is 0.316 e. The molecule has 0 aliphatic carbocycles. The molecule has 0 spiro atoms. The van der Waals surface area contributed by atoms with Gasteiger partial charge < -0.3 is 5.32 Å². The fraction of sp³-hybridized carbons (Fsp3) is 0.438. The van der Waals surface area contributed by atoms with E-state index in [0.717, 1.165) is 18.8 Å². The monoisotopic (exact) mass is 257 g/mol. The molecule has 0 saturated carbocycles. The first-order valence-corrected chi connectivity index (χ1v) is 6.87. The summed E-state index contributed by atoms with van der Waals surface area (Å²) in [6.45, 7) is 10.4. The van der Waals surface area contributed by atoms with Gasteiger partial charge in [-0.1, -0.05) is 18.2 Å². The quantitative estimate of drug-likeness (QED) is 0.911. The number of hydrogen-bond acceptors (Lipinski definition) is 2. The van der Waals surface area contributed by atoms with E-state index in [1.165, 1.54) is 27.9 Å². The van der Waals surface area contributed by atoms with Gasteiger partial charge in [-0.25, -0.2) is 0 Å². The second-order valence-corrected chi connectivity index (χ2v) is 5.04. The van der Waals surface area contributed by atoms with Gasteiger partial charge in [0.25, 0.3) is 0 Å². The number of aromatic nitrogens is 2. The Bertz CT molecular complexity index is 582. The molecule has 1 N–H and O–H groups in total. The summed E-state index contributed by atoms with van der Waals surface area (Å²) in [5, 5.41) is 7.80. The lowest BCUT2D eigenvalue weighted by atomic mass is 9.97. The van der Waals surface area contributed by atoms with Crippen LogP contribution in [0.25, 0.3) is 11.1 Å². The number of nitrogens with one attached hydrogen (secondary N) is 1. The Labute approximate surface area is 115 Å². The zero-order valence-corrected chi connectivity index (χ0v) is 12.5. The van der Waals surface area contributed by atoms with Crippen LogP contribution in [0.15, 0.2) is 18.2 Å². The topological polar surface area (TPSA) is 29.9 Å². The van der Waals surface area contributed by atoms with Crippen LogP contribution in [0.3, 0.4) is 0 Å². The van der Waals surface area contributed by atoms with Crippen LogP contribution in [-0.4, -0.2) is 16.8 Å². The first-order valence-electron chi connectivity index (χ1n) is 6.87. The van der Waals surface area contributed by atoms with E-state index in [0.29, 0.717) is 0 Å². The lowest BCUT2D eigenvalue weighted by Crippen LogP contribution is -2.05. The summed E-state index contributed by atoms with van der Waals surface area (Å²) in [7, 11) is 1.98. The molecule has 1 aromatic carbocycles. The molecule has 2 aromatic rings. The Balaban J connectivity index is 2.50. The van der Waals surface area contributed by atoms with E-state index in [9.17, 15) is 0 Å². The summed E-state index contributed by atoms with van der Waals surface area (Å²) in [6, 6.07) is 6.67. The Morgan fingerprint density at radius 2 is 1.95 bits per heavy atom. The van der Waals surface area contributed by atoms with E-state index in [-0.39, 0.29) is 0 Å². The molecule has 3 nitrogen and oxygen atoms in total. The molecule has 3 heteroatoms. The minimum Gasteiger partial charge on any atom is -0.316 e. The normalized spacial score (nSPS) is 11.0. The molecule has 2 rings (SSSR count). The lowest BCUT2D eigenvalue weighted by molar-refractivity contribution is 0.634. The highest BCUT2D eigenvalue weighted by atomic mass is 15.3. The highest BCUT2D eigenvalue weighted by Gasteiger charge is 2.14. The third kappa shape index (κ3) is 2.56. The minimum atomic E-state index is 0.910. The summed E-state index contributed by atoms with van der Waals surface area (Å²) < 4.78 is 2.08. The van der Waals surface area contributed by atoms with E-state index >= 15 is 0 Å². The highest BCUT2D eigenvalue weighted by molar-refractivity contribution is 5.72. The van der Waals surface area contributed by atoms with Crippen molar-refractivity contribution in [2.24, 2.45) is 0 Å². The molecule has 0 saturated heterocycles. The van der Waals surface area contributed by atoms with Crippen LogP contribution in [0.4, 0.5) is 0 Å².